The highest BCUT2D eigenvalue weighted by atomic mass is 127. The zero-order valence-corrected chi connectivity index (χ0v) is 21.4. The van der Waals surface area contributed by atoms with Crippen LogP contribution in [0.25, 0.3) is 0 Å². The summed E-state index contributed by atoms with van der Waals surface area (Å²) in [5.41, 5.74) is 2.32. The van der Waals surface area contributed by atoms with Crippen molar-refractivity contribution in [3.8, 4) is 5.75 Å². The highest BCUT2D eigenvalue weighted by molar-refractivity contribution is 14.0. The van der Waals surface area contributed by atoms with E-state index in [1.54, 1.807) is 26.1 Å². The maximum atomic E-state index is 12.1. The number of methoxy groups -OCH3 is 1. The lowest BCUT2D eigenvalue weighted by Crippen LogP contribution is -2.52. The van der Waals surface area contributed by atoms with Crippen LogP contribution in [0, 0.1) is 0 Å². The van der Waals surface area contributed by atoms with Gasteiger partial charge in [-0.25, -0.2) is 4.99 Å². The number of halogens is 1. The molecule has 3 rings (SSSR count). The lowest BCUT2D eigenvalue weighted by Gasteiger charge is -2.35. The van der Waals surface area contributed by atoms with Gasteiger partial charge in [-0.05, 0) is 42.7 Å². The van der Waals surface area contributed by atoms with Crippen molar-refractivity contribution in [2.75, 3.05) is 45.7 Å². The minimum atomic E-state index is 0. The van der Waals surface area contributed by atoms with E-state index in [0.717, 1.165) is 37.2 Å². The highest BCUT2D eigenvalue weighted by Crippen LogP contribution is 2.19. The molecule has 1 saturated heterocycles. The Kier molecular flexibility index (Phi) is 10.6. The van der Waals surface area contributed by atoms with Crippen molar-refractivity contribution in [1.29, 1.82) is 0 Å². The summed E-state index contributed by atoms with van der Waals surface area (Å²) in [5.74, 6) is 1.49. The average molecular weight is 551 g/mol. The van der Waals surface area contributed by atoms with Gasteiger partial charge in [0.1, 0.15) is 5.75 Å². The molecular formula is C24H34IN5O2. The van der Waals surface area contributed by atoms with E-state index in [9.17, 15) is 4.79 Å². The zero-order valence-electron chi connectivity index (χ0n) is 19.1. The van der Waals surface area contributed by atoms with Gasteiger partial charge in [-0.3, -0.25) is 4.79 Å². The molecule has 8 heteroatoms. The average Bonchev–Trinajstić information content (AvgIpc) is 2.81. The first-order chi connectivity index (χ1) is 15.0. The summed E-state index contributed by atoms with van der Waals surface area (Å²) in [6.45, 7) is 2.67. The predicted molar refractivity (Wildman–Crippen MR) is 141 cm³/mol. The SMILES string of the molecule is COc1ccc(CN=C(NCC(=O)N(C)C)NC2CCCN(c3ccccc3)C2)cc1.I. The molecule has 2 aromatic rings. The second-order valence-corrected chi connectivity index (χ2v) is 7.92. The van der Waals surface area contributed by atoms with Crippen molar-refractivity contribution in [2.45, 2.75) is 25.4 Å². The van der Waals surface area contributed by atoms with Crippen LogP contribution in [-0.4, -0.2) is 63.6 Å². The Bertz CT molecular complexity index is 858. The van der Waals surface area contributed by atoms with Crippen LogP contribution < -0.4 is 20.3 Å². The molecule has 0 radical (unpaired) electrons. The van der Waals surface area contributed by atoms with E-state index in [1.807, 2.05) is 30.3 Å². The molecule has 2 N–H and O–H groups in total. The fourth-order valence-electron chi connectivity index (χ4n) is 3.53. The van der Waals surface area contributed by atoms with Gasteiger partial charge in [0.25, 0.3) is 0 Å². The largest absolute Gasteiger partial charge is 0.497 e. The van der Waals surface area contributed by atoms with Crippen molar-refractivity contribution in [2.24, 2.45) is 4.99 Å². The highest BCUT2D eigenvalue weighted by Gasteiger charge is 2.21. The second kappa shape index (κ2) is 13.1. The Morgan fingerprint density at radius 1 is 1.16 bits per heavy atom. The summed E-state index contributed by atoms with van der Waals surface area (Å²) in [4.78, 5) is 20.8. The number of aliphatic imine (C=N–C) groups is 1. The molecule has 1 heterocycles. The second-order valence-electron chi connectivity index (χ2n) is 7.92. The third-order valence-corrected chi connectivity index (χ3v) is 5.37. The number of carbonyl (C=O) groups excluding carboxylic acids is 1. The minimum absolute atomic E-state index is 0. The summed E-state index contributed by atoms with van der Waals surface area (Å²) < 4.78 is 5.22. The summed E-state index contributed by atoms with van der Waals surface area (Å²) in [6.07, 6.45) is 2.17. The van der Waals surface area contributed by atoms with Crippen LogP contribution in [0.4, 0.5) is 5.69 Å². The summed E-state index contributed by atoms with van der Waals surface area (Å²) in [6, 6.07) is 18.6. The normalized spacial score (nSPS) is 16.0. The fraction of sp³-hybridized carbons (Fsp3) is 0.417. The Hall–Kier alpha value is -2.49. The van der Waals surface area contributed by atoms with Gasteiger partial charge in [0.2, 0.25) is 5.91 Å². The molecule has 1 atom stereocenters. The molecule has 0 bridgehead atoms. The Labute approximate surface area is 208 Å². The van der Waals surface area contributed by atoms with E-state index in [2.05, 4.69) is 39.8 Å². The Balaban J connectivity index is 0.00000363. The maximum absolute atomic E-state index is 12.1. The quantitative estimate of drug-likeness (QED) is 0.315. The molecule has 1 amide bonds. The molecule has 7 nitrogen and oxygen atoms in total. The van der Waals surface area contributed by atoms with Crippen molar-refractivity contribution in [3.63, 3.8) is 0 Å². The summed E-state index contributed by atoms with van der Waals surface area (Å²) in [7, 11) is 5.17. The molecule has 1 aliphatic heterocycles. The molecule has 32 heavy (non-hydrogen) atoms. The minimum Gasteiger partial charge on any atom is -0.497 e. The number of rotatable bonds is 7. The van der Waals surface area contributed by atoms with Gasteiger partial charge < -0.3 is 25.2 Å². The third kappa shape index (κ3) is 7.89. The van der Waals surface area contributed by atoms with E-state index < -0.39 is 0 Å². The number of anilines is 1. The predicted octanol–water partition coefficient (Wildman–Crippen LogP) is 3.11. The lowest BCUT2D eigenvalue weighted by molar-refractivity contribution is -0.127. The molecule has 1 unspecified atom stereocenters. The van der Waals surface area contributed by atoms with Crippen LogP contribution in [0.5, 0.6) is 5.75 Å². The van der Waals surface area contributed by atoms with Crippen LogP contribution in [0.2, 0.25) is 0 Å². The molecule has 1 fully saturated rings. The van der Waals surface area contributed by atoms with Crippen molar-refractivity contribution in [1.82, 2.24) is 15.5 Å². The van der Waals surface area contributed by atoms with E-state index in [0.29, 0.717) is 12.5 Å². The standard InChI is InChI=1S/C24H33N5O2.HI/c1-28(2)23(30)17-26-24(25-16-19-11-13-22(31-3)14-12-19)27-20-8-7-15-29(18-20)21-9-5-4-6-10-21;/h4-6,9-14,20H,7-8,15-18H2,1-3H3,(H2,25,26,27);1H. The van der Waals surface area contributed by atoms with E-state index >= 15 is 0 Å². The molecule has 174 valence electrons. The molecule has 0 aromatic heterocycles. The van der Waals surface area contributed by atoms with Gasteiger partial charge in [-0.1, -0.05) is 30.3 Å². The van der Waals surface area contributed by atoms with Gasteiger partial charge in [0.05, 0.1) is 20.2 Å². The van der Waals surface area contributed by atoms with Gasteiger partial charge >= 0.3 is 0 Å². The first kappa shape index (κ1) is 25.8. The number of carbonyl (C=O) groups is 1. The van der Waals surface area contributed by atoms with Crippen molar-refractivity contribution >= 4 is 41.5 Å². The first-order valence-electron chi connectivity index (χ1n) is 10.7. The third-order valence-electron chi connectivity index (χ3n) is 5.37. The number of amides is 1. The van der Waals surface area contributed by atoms with Crippen LogP contribution in [-0.2, 0) is 11.3 Å². The van der Waals surface area contributed by atoms with Gasteiger partial charge in [-0.2, -0.15) is 0 Å². The van der Waals surface area contributed by atoms with Crippen molar-refractivity contribution < 1.29 is 9.53 Å². The number of hydrogen-bond donors (Lipinski definition) is 2. The van der Waals surface area contributed by atoms with E-state index in [-0.39, 0.29) is 42.5 Å². The summed E-state index contributed by atoms with van der Waals surface area (Å²) >= 11 is 0. The number of piperidine rings is 1. The number of likely N-dealkylation sites (N-methyl/N-ethyl adjacent to an activating group) is 1. The van der Waals surface area contributed by atoms with Crippen LogP contribution in [0.3, 0.4) is 0 Å². The number of hydrogen-bond acceptors (Lipinski definition) is 4. The van der Waals surface area contributed by atoms with Gasteiger partial charge in [0, 0.05) is 38.9 Å². The smallest absolute Gasteiger partial charge is 0.241 e. The number of nitrogens with zero attached hydrogens (tertiary/aromatic N) is 3. The number of guanidine groups is 1. The lowest BCUT2D eigenvalue weighted by atomic mass is 10.1. The van der Waals surface area contributed by atoms with Crippen LogP contribution in [0.15, 0.2) is 59.6 Å². The number of nitrogens with one attached hydrogen (secondary N) is 2. The zero-order chi connectivity index (χ0) is 22.1. The molecule has 0 saturated carbocycles. The molecule has 2 aromatic carbocycles. The van der Waals surface area contributed by atoms with Gasteiger partial charge in [0.15, 0.2) is 5.96 Å². The topological polar surface area (TPSA) is 69.2 Å². The monoisotopic (exact) mass is 551 g/mol. The Morgan fingerprint density at radius 3 is 2.53 bits per heavy atom. The first-order valence-corrected chi connectivity index (χ1v) is 10.7. The fourth-order valence-corrected chi connectivity index (χ4v) is 3.53. The maximum Gasteiger partial charge on any atom is 0.241 e. The van der Waals surface area contributed by atoms with Crippen molar-refractivity contribution in [3.05, 3.63) is 60.2 Å². The number of para-hydroxylation sites is 1. The van der Waals surface area contributed by atoms with Gasteiger partial charge in [-0.15, -0.1) is 24.0 Å². The molecule has 1 aliphatic rings. The number of benzene rings is 2. The van der Waals surface area contributed by atoms with Crippen LogP contribution in [0.1, 0.15) is 18.4 Å². The van der Waals surface area contributed by atoms with E-state index in [1.165, 1.54) is 5.69 Å². The Morgan fingerprint density at radius 2 is 1.88 bits per heavy atom. The molecular weight excluding hydrogens is 517 g/mol. The number of ether oxygens (including phenoxy) is 1. The molecule has 0 spiro atoms. The molecule has 0 aliphatic carbocycles. The van der Waals surface area contributed by atoms with Crippen LogP contribution >= 0.6 is 24.0 Å². The van der Waals surface area contributed by atoms with E-state index in [4.69, 9.17) is 9.73 Å². The summed E-state index contributed by atoms with van der Waals surface area (Å²) in [5, 5.41) is 6.74.